The van der Waals surface area contributed by atoms with Gasteiger partial charge < -0.3 is 4.74 Å². The van der Waals surface area contributed by atoms with E-state index in [9.17, 15) is 4.79 Å². The van der Waals surface area contributed by atoms with Gasteiger partial charge in [0.15, 0.2) is 0 Å². The molecule has 88 valence electrons. The minimum Gasteiger partial charge on any atom is -0.443 e. The highest BCUT2D eigenvalue weighted by atomic mass is 127. The normalized spacial score (nSPS) is 11.1. The number of aryl methyl sites for hydroxylation is 1. The van der Waals surface area contributed by atoms with Gasteiger partial charge in [-0.25, -0.2) is 7.91 Å². The molecule has 0 aliphatic rings. The molecule has 0 saturated heterocycles. The first-order chi connectivity index (χ1) is 7.29. The van der Waals surface area contributed by atoms with Crippen LogP contribution in [0.3, 0.4) is 0 Å². The van der Waals surface area contributed by atoms with E-state index < -0.39 is 5.60 Å². The second-order valence-electron chi connectivity index (χ2n) is 4.60. The predicted molar refractivity (Wildman–Crippen MR) is 73.9 cm³/mol. The van der Waals surface area contributed by atoms with Crippen LogP contribution in [0.5, 0.6) is 0 Å². The average molecular weight is 333 g/mol. The molecule has 1 aromatic rings. The lowest BCUT2D eigenvalue weighted by molar-refractivity contribution is 0.0617. The summed E-state index contributed by atoms with van der Waals surface area (Å²) in [5.41, 5.74) is 1.47. The van der Waals surface area contributed by atoms with Crippen LogP contribution >= 0.6 is 22.9 Å². The Morgan fingerprint density at radius 1 is 1.38 bits per heavy atom. The quantitative estimate of drug-likeness (QED) is 0.572. The van der Waals surface area contributed by atoms with Crippen molar-refractivity contribution in [3.05, 3.63) is 29.8 Å². The van der Waals surface area contributed by atoms with E-state index in [2.05, 4.69) is 0 Å². The maximum absolute atomic E-state index is 11.8. The maximum Gasteiger partial charge on any atom is 0.423 e. The van der Waals surface area contributed by atoms with Gasteiger partial charge in [-0.2, -0.15) is 0 Å². The van der Waals surface area contributed by atoms with Crippen molar-refractivity contribution in [3.8, 4) is 0 Å². The Balaban J connectivity index is 2.78. The maximum atomic E-state index is 11.8. The molecule has 0 N–H and O–H groups in total. The Labute approximate surface area is 110 Å². The number of nitrogens with zero attached hydrogens (tertiary/aromatic N) is 1. The molecule has 0 spiro atoms. The summed E-state index contributed by atoms with van der Waals surface area (Å²) >= 11 is 1.95. The molecule has 0 aliphatic heterocycles. The zero-order chi connectivity index (χ0) is 12.3. The summed E-state index contributed by atoms with van der Waals surface area (Å²) in [5, 5.41) is 0. The molecule has 4 heteroatoms. The van der Waals surface area contributed by atoms with Gasteiger partial charge in [0.05, 0.1) is 28.6 Å². The van der Waals surface area contributed by atoms with Gasteiger partial charge in [-0.3, -0.25) is 0 Å². The molecule has 0 bridgehead atoms. The van der Waals surface area contributed by atoms with Crippen LogP contribution in [0.2, 0.25) is 0 Å². The van der Waals surface area contributed by atoms with E-state index in [0.717, 1.165) is 11.3 Å². The van der Waals surface area contributed by atoms with Crippen molar-refractivity contribution in [2.24, 2.45) is 0 Å². The Bertz CT molecular complexity index is 385. The Hall–Kier alpha value is -0.780. The zero-order valence-electron chi connectivity index (χ0n) is 9.95. The number of benzene rings is 1. The van der Waals surface area contributed by atoms with E-state index in [0.29, 0.717) is 0 Å². The molecule has 0 aliphatic carbocycles. The van der Waals surface area contributed by atoms with Gasteiger partial charge in [-0.05, 0) is 45.4 Å². The highest BCUT2D eigenvalue weighted by Crippen LogP contribution is 2.22. The van der Waals surface area contributed by atoms with Crippen LogP contribution in [-0.2, 0) is 4.74 Å². The molecule has 1 amide bonds. The molecule has 0 saturated carbocycles. The van der Waals surface area contributed by atoms with Gasteiger partial charge in [-0.1, -0.05) is 12.1 Å². The lowest BCUT2D eigenvalue weighted by atomic mass is 10.2. The number of ether oxygens (including phenoxy) is 1. The van der Waals surface area contributed by atoms with Gasteiger partial charge in [0.25, 0.3) is 0 Å². The number of hydrogen-bond acceptors (Lipinski definition) is 2. The van der Waals surface area contributed by atoms with E-state index in [1.165, 1.54) is 3.11 Å². The van der Waals surface area contributed by atoms with Crippen LogP contribution in [0.15, 0.2) is 24.3 Å². The molecule has 16 heavy (non-hydrogen) atoms. The van der Waals surface area contributed by atoms with Crippen molar-refractivity contribution in [2.75, 3.05) is 3.11 Å². The largest absolute Gasteiger partial charge is 0.443 e. The van der Waals surface area contributed by atoms with Gasteiger partial charge >= 0.3 is 6.09 Å². The molecule has 0 unspecified atom stereocenters. The summed E-state index contributed by atoms with van der Waals surface area (Å²) in [7, 11) is 0. The third kappa shape index (κ3) is 4.00. The second kappa shape index (κ2) is 5.03. The summed E-state index contributed by atoms with van der Waals surface area (Å²) in [6.07, 6.45) is -0.348. The van der Waals surface area contributed by atoms with Crippen LogP contribution in [-0.4, -0.2) is 11.7 Å². The number of amides is 1. The first kappa shape index (κ1) is 13.3. The molecule has 0 heterocycles. The third-order valence-electron chi connectivity index (χ3n) is 1.78. The second-order valence-corrected chi connectivity index (χ2v) is 5.57. The fourth-order valence-corrected chi connectivity index (χ4v) is 1.56. The number of hydrogen-bond donors (Lipinski definition) is 0. The van der Waals surface area contributed by atoms with Crippen LogP contribution in [0, 0.1) is 6.92 Å². The molecule has 0 aromatic heterocycles. The van der Waals surface area contributed by atoms with E-state index >= 15 is 0 Å². The highest BCUT2D eigenvalue weighted by molar-refractivity contribution is 14.1. The summed E-state index contributed by atoms with van der Waals surface area (Å²) in [4.78, 5) is 11.8. The van der Waals surface area contributed by atoms with Crippen molar-refractivity contribution in [1.29, 1.82) is 0 Å². The molecular weight excluding hydrogens is 317 g/mol. The monoisotopic (exact) mass is 333 g/mol. The molecule has 0 radical (unpaired) electrons. The summed E-state index contributed by atoms with van der Waals surface area (Å²) in [5.74, 6) is 0. The molecule has 3 nitrogen and oxygen atoms in total. The Kier molecular flexibility index (Phi) is 4.18. The number of carbonyl (C=O) groups is 1. The van der Waals surface area contributed by atoms with Crippen molar-refractivity contribution in [1.82, 2.24) is 0 Å². The molecule has 1 aromatic carbocycles. The van der Waals surface area contributed by atoms with Crippen LogP contribution in [0.25, 0.3) is 0 Å². The number of halogens is 1. The van der Waals surface area contributed by atoms with E-state index in [-0.39, 0.29) is 6.09 Å². The van der Waals surface area contributed by atoms with Crippen molar-refractivity contribution in [3.63, 3.8) is 0 Å². The first-order valence-corrected chi connectivity index (χ1v) is 6.01. The SMILES string of the molecule is Cc1cccc(N(I)C(=O)OC(C)(C)C)c1. The molecule has 0 fully saturated rings. The fourth-order valence-electron chi connectivity index (χ4n) is 1.16. The minimum absolute atomic E-state index is 0.348. The van der Waals surface area contributed by atoms with Crippen LogP contribution in [0.1, 0.15) is 26.3 Å². The van der Waals surface area contributed by atoms with Gasteiger partial charge in [0, 0.05) is 0 Å². The topological polar surface area (TPSA) is 29.5 Å². The van der Waals surface area contributed by atoms with E-state index in [4.69, 9.17) is 4.74 Å². The van der Waals surface area contributed by atoms with Gasteiger partial charge in [0.2, 0.25) is 0 Å². The smallest absolute Gasteiger partial charge is 0.423 e. The van der Waals surface area contributed by atoms with E-state index in [1.54, 1.807) is 0 Å². The zero-order valence-corrected chi connectivity index (χ0v) is 12.1. The molecule has 0 atom stereocenters. The van der Waals surface area contributed by atoms with Gasteiger partial charge in [0.1, 0.15) is 5.60 Å². The lowest BCUT2D eigenvalue weighted by Gasteiger charge is -2.23. The number of rotatable bonds is 1. The van der Waals surface area contributed by atoms with Crippen LogP contribution in [0.4, 0.5) is 10.5 Å². The number of anilines is 1. The minimum atomic E-state index is -0.468. The third-order valence-corrected chi connectivity index (χ3v) is 2.73. The Morgan fingerprint density at radius 2 is 2.00 bits per heavy atom. The summed E-state index contributed by atoms with van der Waals surface area (Å²) in [6.45, 7) is 7.55. The fraction of sp³-hybridized carbons (Fsp3) is 0.417. The average Bonchev–Trinajstić information content (AvgIpc) is 2.14. The van der Waals surface area contributed by atoms with Crippen molar-refractivity contribution < 1.29 is 9.53 Å². The molecular formula is C12H16INO2. The summed E-state index contributed by atoms with van der Waals surface area (Å²) < 4.78 is 6.76. The predicted octanol–water partition coefficient (Wildman–Crippen LogP) is 4.09. The molecule has 1 rings (SSSR count). The van der Waals surface area contributed by atoms with Crippen molar-refractivity contribution in [2.45, 2.75) is 33.3 Å². The lowest BCUT2D eigenvalue weighted by Crippen LogP contribution is -2.30. The first-order valence-electron chi connectivity index (χ1n) is 5.05. The summed E-state index contributed by atoms with van der Waals surface area (Å²) in [6, 6.07) is 7.73. The van der Waals surface area contributed by atoms with Gasteiger partial charge in [-0.15, -0.1) is 0 Å². The standard InChI is InChI=1S/C12H16INO2/c1-9-6-5-7-10(8-9)14(13)11(15)16-12(2,3)4/h5-8H,1-4H3. The Morgan fingerprint density at radius 3 is 2.50 bits per heavy atom. The van der Waals surface area contributed by atoms with Crippen molar-refractivity contribution >= 4 is 34.6 Å². The van der Waals surface area contributed by atoms with Crippen LogP contribution < -0.4 is 3.11 Å². The number of carbonyl (C=O) groups excluding carboxylic acids is 1. The van der Waals surface area contributed by atoms with E-state index in [1.807, 2.05) is 74.8 Å². The highest BCUT2D eigenvalue weighted by Gasteiger charge is 2.21.